The molecule has 7 heteroatoms. The molecule has 0 aromatic heterocycles. The molecule has 4 saturated carbocycles. The highest BCUT2D eigenvalue weighted by atomic mass is 16.7. The number of methoxy groups -OCH3 is 1. The Labute approximate surface area is 206 Å². The van der Waals surface area contributed by atoms with Gasteiger partial charge < -0.3 is 19.0 Å². The monoisotopic (exact) mass is 479 g/mol. The summed E-state index contributed by atoms with van der Waals surface area (Å²) in [6, 6.07) is 14.1. The van der Waals surface area contributed by atoms with Crippen LogP contribution >= 0.6 is 0 Å². The molecule has 2 aromatic rings. The number of hydroxylamine groups is 1. The second-order valence-electron chi connectivity index (χ2n) is 10.3. The van der Waals surface area contributed by atoms with Crippen LogP contribution in [0, 0.1) is 17.8 Å². The summed E-state index contributed by atoms with van der Waals surface area (Å²) in [6.07, 6.45) is 7.59. The Morgan fingerprint density at radius 3 is 2.26 bits per heavy atom. The van der Waals surface area contributed by atoms with Crippen molar-refractivity contribution in [1.29, 1.82) is 0 Å². The van der Waals surface area contributed by atoms with Gasteiger partial charge in [0.25, 0.3) is 5.91 Å². The van der Waals surface area contributed by atoms with E-state index in [4.69, 9.17) is 19.0 Å². The maximum absolute atomic E-state index is 12.8. The third-order valence-corrected chi connectivity index (χ3v) is 7.83. The van der Waals surface area contributed by atoms with E-state index in [1.54, 1.807) is 49.6 Å². The summed E-state index contributed by atoms with van der Waals surface area (Å²) >= 11 is 0. The lowest BCUT2D eigenvalue weighted by molar-refractivity contribution is -0.0190. The van der Waals surface area contributed by atoms with Crippen LogP contribution in [0.3, 0.4) is 0 Å². The molecule has 0 saturated heterocycles. The smallest absolute Gasteiger partial charge is 0.362 e. The van der Waals surface area contributed by atoms with Crippen LogP contribution in [0.2, 0.25) is 0 Å². The minimum Gasteiger partial charge on any atom is -0.467 e. The Morgan fingerprint density at radius 2 is 1.60 bits per heavy atom. The van der Waals surface area contributed by atoms with Gasteiger partial charge in [-0.05, 0) is 86.0 Å². The SMILES string of the molecule is COCCOCOc1cc(C(=O)NOC(=O)c2ccccc2)ccc1C12CC3CC(CC(C3)C1)C2. The van der Waals surface area contributed by atoms with Gasteiger partial charge in [0.05, 0.1) is 18.8 Å². The fourth-order valence-corrected chi connectivity index (χ4v) is 6.75. The van der Waals surface area contributed by atoms with Crippen LogP contribution in [0.1, 0.15) is 64.8 Å². The third kappa shape index (κ3) is 5.21. The lowest BCUT2D eigenvalue weighted by atomic mass is 9.48. The van der Waals surface area contributed by atoms with Gasteiger partial charge >= 0.3 is 5.97 Å². The summed E-state index contributed by atoms with van der Waals surface area (Å²) in [5.74, 6) is 1.90. The zero-order valence-corrected chi connectivity index (χ0v) is 20.2. The van der Waals surface area contributed by atoms with E-state index in [0.717, 1.165) is 17.8 Å². The van der Waals surface area contributed by atoms with Crippen LogP contribution in [0.25, 0.3) is 0 Å². The van der Waals surface area contributed by atoms with Gasteiger partial charge in [-0.2, -0.15) is 5.48 Å². The van der Waals surface area contributed by atoms with E-state index < -0.39 is 11.9 Å². The normalized spacial score (nSPS) is 26.4. The molecule has 4 aliphatic rings. The zero-order chi connectivity index (χ0) is 24.3. The van der Waals surface area contributed by atoms with Gasteiger partial charge in [-0.1, -0.05) is 24.3 Å². The minimum atomic E-state index is -0.618. The van der Waals surface area contributed by atoms with E-state index in [2.05, 4.69) is 5.48 Å². The van der Waals surface area contributed by atoms with Crippen molar-refractivity contribution in [2.45, 2.75) is 43.9 Å². The lowest BCUT2D eigenvalue weighted by Gasteiger charge is -2.57. The van der Waals surface area contributed by atoms with E-state index >= 15 is 0 Å². The Bertz CT molecular complexity index is 1020. The standard InChI is InChI=1S/C28H33NO6/c1-32-9-10-33-18-34-25-14-23(26(30)29-35-27(31)22-5-3-2-4-6-22)7-8-24(25)28-15-19-11-20(16-28)13-21(12-19)17-28/h2-8,14,19-21H,9-13,15-18H2,1H3,(H,29,30). The first kappa shape index (κ1) is 23.8. The first-order valence-electron chi connectivity index (χ1n) is 12.5. The number of rotatable bonds is 9. The zero-order valence-electron chi connectivity index (χ0n) is 20.2. The molecule has 0 atom stereocenters. The predicted octanol–water partition coefficient (Wildman–Crippen LogP) is 4.66. The predicted molar refractivity (Wildman–Crippen MR) is 129 cm³/mol. The van der Waals surface area contributed by atoms with E-state index in [1.807, 2.05) is 6.07 Å². The van der Waals surface area contributed by atoms with E-state index in [9.17, 15) is 9.59 Å². The number of amides is 1. The lowest BCUT2D eigenvalue weighted by Crippen LogP contribution is -2.48. The van der Waals surface area contributed by atoms with Crippen LogP contribution in [-0.4, -0.2) is 39.0 Å². The topological polar surface area (TPSA) is 83.1 Å². The van der Waals surface area contributed by atoms with Gasteiger partial charge in [-0.15, -0.1) is 0 Å². The number of carbonyl (C=O) groups excluding carboxylic acids is 2. The summed E-state index contributed by atoms with van der Waals surface area (Å²) in [7, 11) is 1.63. The van der Waals surface area contributed by atoms with Crippen molar-refractivity contribution < 1.29 is 28.6 Å². The fraction of sp³-hybridized carbons (Fsp3) is 0.500. The molecule has 4 bridgehead atoms. The molecule has 0 radical (unpaired) electrons. The Kier molecular flexibility index (Phi) is 7.07. The molecule has 6 rings (SSSR count). The van der Waals surface area contributed by atoms with Gasteiger partial charge in [0.2, 0.25) is 0 Å². The average molecular weight is 480 g/mol. The van der Waals surface area contributed by atoms with Gasteiger partial charge in [0, 0.05) is 18.2 Å². The van der Waals surface area contributed by atoms with Crippen molar-refractivity contribution in [3.63, 3.8) is 0 Å². The van der Waals surface area contributed by atoms with Gasteiger partial charge in [0.1, 0.15) is 5.75 Å². The van der Waals surface area contributed by atoms with Crippen molar-refractivity contribution >= 4 is 11.9 Å². The first-order valence-corrected chi connectivity index (χ1v) is 12.5. The van der Waals surface area contributed by atoms with Crippen molar-refractivity contribution in [3.8, 4) is 5.75 Å². The van der Waals surface area contributed by atoms with Crippen molar-refractivity contribution in [3.05, 3.63) is 65.2 Å². The highest BCUT2D eigenvalue weighted by Gasteiger charge is 2.52. The summed E-state index contributed by atoms with van der Waals surface area (Å²) in [4.78, 5) is 30.0. The maximum Gasteiger partial charge on any atom is 0.362 e. The quantitative estimate of drug-likeness (QED) is 0.320. The van der Waals surface area contributed by atoms with Crippen LogP contribution in [0.4, 0.5) is 0 Å². The van der Waals surface area contributed by atoms with Gasteiger partial charge in [-0.25, -0.2) is 4.79 Å². The summed E-state index contributed by atoms with van der Waals surface area (Å²) in [5, 5.41) is 0. The maximum atomic E-state index is 12.8. The Balaban J connectivity index is 1.33. The van der Waals surface area contributed by atoms with Gasteiger partial charge in [0.15, 0.2) is 6.79 Å². The minimum absolute atomic E-state index is 0.0801. The molecule has 35 heavy (non-hydrogen) atoms. The summed E-state index contributed by atoms with van der Waals surface area (Å²) < 4.78 is 16.7. The van der Waals surface area contributed by atoms with Crippen LogP contribution < -0.4 is 10.2 Å². The highest BCUT2D eigenvalue weighted by molar-refractivity contribution is 5.96. The molecule has 4 aliphatic carbocycles. The molecule has 1 N–H and O–H groups in total. The van der Waals surface area contributed by atoms with Crippen molar-refractivity contribution in [2.24, 2.45) is 17.8 Å². The highest BCUT2D eigenvalue weighted by Crippen LogP contribution is 2.61. The molecule has 2 aromatic carbocycles. The van der Waals surface area contributed by atoms with Gasteiger partial charge in [-0.3, -0.25) is 4.79 Å². The number of ether oxygens (including phenoxy) is 3. The molecule has 4 fully saturated rings. The first-order chi connectivity index (χ1) is 17.1. The summed E-state index contributed by atoms with van der Waals surface area (Å²) in [6.45, 7) is 0.996. The molecule has 0 spiro atoms. The molecule has 186 valence electrons. The molecular weight excluding hydrogens is 446 g/mol. The number of hydrogen-bond acceptors (Lipinski definition) is 6. The second kappa shape index (κ2) is 10.4. The molecular formula is C28H33NO6. The van der Waals surface area contributed by atoms with Crippen LogP contribution in [0.15, 0.2) is 48.5 Å². The van der Waals surface area contributed by atoms with Crippen molar-refractivity contribution in [1.82, 2.24) is 5.48 Å². The van der Waals surface area contributed by atoms with Crippen LogP contribution in [-0.2, 0) is 19.7 Å². The number of nitrogens with one attached hydrogen (secondary N) is 1. The Morgan fingerprint density at radius 1 is 0.914 bits per heavy atom. The van der Waals surface area contributed by atoms with Crippen molar-refractivity contribution in [2.75, 3.05) is 27.1 Å². The fourth-order valence-electron chi connectivity index (χ4n) is 6.75. The van der Waals surface area contributed by atoms with E-state index in [0.29, 0.717) is 30.1 Å². The van der Waals surface area contributed by atoms with E-state index in [1.165, 1.54) is 44.1 Å². The average Bonchev–Trinajstić information content (AvgIpc) is 2.86. The largest absolute Gasteiger partial charge is 0.467 e. The summed E-state index contributed by atoms with van der Waals surface area (Å²) in [5.41, 5.74) is 4.28. The Hall–Kier alpha value is -2.90. The number of carbonyl (C=O) groups is 2. The molecule has 0 heterocycles. The molecule has 1 amide bonds. The third-order valence-electron chi connectivity index (χ3n) is 7.83. The van der Waals surface area contributed by atoms with Crippen LogP contribution in [0.5, 0.6) is 5.75 Å². The molecule has 7 nitrogen and oxygen atoms in total. The molecule has 0 aliphatic heterocycles. The number of hydrogen-bond donors (Lipinski definition) is 1. The second-order valence-corrected chi connectivity index (χ2v) is 10.3. The molecule has 0 unspecified atom stereocenters. The van der Waals surface area contributed by atoms with E-state index in [-0.39, 0.29) is 12.2 Å². The number of benzene rings is 2.